The molecule has 8 nitrogen and oxygen atoms in total. The summed E-state index contributed by atoms with van der Waals surface area (Å²) in [7, 11) is 0. The van der Waals surface area contributed by atoms with Gasteiger partial charge >= 0.3 is 0 Å². The molecule has 1 aromatic carbocycles. The largest absolute Gasteiger partial charge is 0.343 e. The SMILES string of the molecule is O=C1CCCC2=C1[C@H](c1ccccc1[N+](=O)[O-])c1c([nH][nH]c1=O)N2. The van der Waals surface area contributed by atoms with E-state index in [1.54, 1.807) is 18.2 Å². The number of rotatable bonds is 2. The molecule has 122 valence electrons. The van der Waals surface area contributed by atoms with Crippen molar-refractivity contribution in [3.63, 3.8) is 0 Å². The Hall–Kier alpha value is -3.16. The van der Waals surface area contributed by atoms with Gasteiger partial charge in [0, 0.05) is 29.3 Å². The number of carbonyl (C=O) groups is 1. The van der Waals surface area contributed by atoms with Crippen molar-refractivity contribution >= 4 is 17.3 Å². The highest BCUT2D eigenvalue weighted by molar-refractivity contribution is 6.01. The van der Waals surface area contributed by atoms with Crippen LogP contribution in [0.2, 0.25) is 0 Å². The van der Waals surface area contributed by atoms with Gasteiger partial charge in [0.2, 0.25) is 0 Å². The Morgan fingerprint density at radius 1 is 1.12 bits per heavy atom. The summed E-state index contributed by atoms with van der Waals surface area (Å²) in [6.07, 6.45) is 1.78. The fourth-order valence-electron chi connectivity index (χ4n) is 3.57. The molecule has 1 aliphatic carbocycles. The zero-order valence-electron chi connectivity index (χ0n) is 12.6. The molecular weight excluding hydrogens is 312 g/mol. The number of allylic oxidation sites excluding steroid dienone is 2. The lowest BCUT2D eigenvalue weighted by Crippen LogP contribution is -2.29. The van der Waals surface area contributed by atoms with Gasteiger partial charge in [0.1, 0.15) is 5.82 Å². The summed E-state index contributed by atoms with van der Waals surface area (Å²) in [5.41, 5.74) is 1.40. The van der Waals surface area contributed by atoms with Gasteiger partial charge in [0.15, 0.2) is 5.78 Å². The predicted octanol–water partition coefficient (Wildman–Crippen LogP) is 2.18. The zero-order valence-corrected chi connectivity index (χ0v) is 12.6. The second-order valence-electron chi connectivity index (χ2n) is 5.91. The average molecular weight is 326 g/mol. The third-order valence-electron chi connectivity index (χ3n) is 4.57. The molecule has 0 unspecified atom stereocenters. The molecule has 3 N–H and O–H groups in total. The number of hydrogen-bond acceptors (Lipinski definition) is 5. The quantitative estimate of drug-likeness (QED) is 0.577. The first kappa shape index (κ1) is 14.4. The fraction of sp³-hybridized carbons (Fsp3) is 0.250. The minimum absolute atomic E-state index is 0.0712. The van der Waals surface area contributed by atoms with E-state index >= 15 is 0 Å². The third kappa shape index (κ3) is 1.99. The molecule has 24 heavy (non-hydrogen) atoms. The van der Waals surface area contributed by atoms with Crippen LogP contribution in [0.25, 0.3) is 0 Å². The lowest BCUT2D eigenvalue weighted by Gasteiger charge is -2.31. The maximum absolute atomic E-state index is 12.5. The molecule has 2 aliphatic rings. The maximum Gasteiger partial charge on any atom is 0.273 e. The molecule has 0 saturated heterocycles. The first-order valence-corrected chi connectivity index (χ1v) is 7.65. The lowest BCUT2D eigenvalue weighted by atomic mass is 9.76. The number of nitrogens with zero attached hydrogens (tertiary/aromatic N) is 1. The number of carbonyl (C=O) groups excluding carboxylic acids is 1. The summed E-state index contributed by atoms with van der Waals surface area (Å²) < 4.78 is 0. The van der Waals surface area contributed by atoms with Crippen molar-refractivity contribution in [2.24, 2.45) is 0 Å². The molecule has 2 heterocycles. The molecule has 1 aliphatic heterocycles. The highest BCUT2D eigenvalue weighted by Gasteiger charge is 2.40. The van der Waals surface area contributed by atoms with Crippen molar-refractivity contribution in [2.75, 3.05) is 5.32 Å². The summed E-state index contributed by atoms with van der Waals surface area (Å²) in [4.78, 5) is 35.8. The van der Waals surface area contributed by atoms with Gasteiger partial charge in [-0.2, -0.15) is 0 Å². The minimum atomic E-state index is -0.736. The van der Waals surface area contributed by atoms with Crippen LogP contribution >= 0.6 is 0 Å². The number of para-hydroxylation sites is 1. The van der Waals surface area contributed by atoms with E-state index in [4.69, 9.17) is 0 Å². The summed E-state index contributed by atoms with van der Waals surface area (Å²) in [6.45, 7) is 0. The van der Waals surface area contributed by atoms with Gasteiger partial charge in [-0.3, -0.25) is 29.9 Å². The van der Waals surface area contributed by atoms with Crippen LogP contribution in [-0.4, -0.2) is 20.9 Å². The molecule has 0 spiro atoms. The van der Waals surface area contributed by atoms with Crippen molar-refractivity contribution in [1.82, 2.24) is 10.2 Å². The van der Waals surface area contributed by atoms with Gasteiger partial charge in [0.25, 0.3) is 11.2 Å². The predicted molar refractivity (Wildman–Crippen MR) is 85.9 cm³/mol. The molecule has 0 radical (unpaired) electrons. The first-order valence-electron chi connectivity index (χ1n) is 7.65. The Labute approximate surface area is 135 Å². The van der Waals surface area contributed by atoms with E-state index in [2.05, 4.69) is 15.5 Å². The highest BCUT2D eigenvalue weighted by Crippen LogP contribution is 2.45. The third-order valence-corrected chi connectivity index (χ3v) is 4.57. The fourth-order valence-corrected chi connectivity index (χ4v) is 3.57. The molecule has 0 amide bonds. The molecule has 1 atom stereocenters. The standard InChI is InChI=1S/C16H14N4O4/c21-11-7-3-5-9-13(11)12(14-15(17-9)18-19-16(14)22)8-4-1-2-6-10(8)20(23)24/h1-2,4,6,12H,3,5,7H2,(H3,17,18,19,22)/t12-/m0/s1. The number of hydrogen-bond donors (Lipinski definition) is 3. The Bertz CT molecular complexity index is 953. The van der Waals surface area contributed by atoms with E-state index in [0.717, 1.165) is 12.1 Å². The number of ketones is 1. The molecule has 0 bridgehead atoms. The van der Waals surface area contributed by atoms with Gasteiger partial charge < -0.3 is 5.32 Å². The average Bonchev–Trinajstić information content (AvgIpc) is 2.94. The number of nitro benzene ring substituents is 1. The van der Waals surface area contributed by atoms with E-state index in [9.17, 15) is 19.7 Å². The number of aromatic amines is 2. The zero-order chi connectivity index (χ0) is 16.8. The summed E-state index contributed by atoms with van der Waals surface area (Å²) in [5.74, 6) is -0.338. The van der Waals surface area contributed by atoms with Crippen molar-refractivity contribution in [3.05, 3.63) is 67.1 Å². The highest BCUT2D eigenvalue weighted by atomic mass is 16.6. The Kier molecular flexibility index (Phi) is 3.12. The van der Waals surface area contributed by atoms with E-state index in [1.165, 1.54) is 6.07 Å². The Morgan fingerprint density at radius 2 is 1.92 bits per heavy atom. The van der Waals surface area contributed by atoms with Crippen LogP contribution in [0.3, 0.4) is 0 Å². The number of benzene rings is 1. The monoisotopic (exact) mass is 326 g/mol. The molecule has 0 fully saturated rings. The van der Waals surface area contributed by atoms with Crippen molar-refractivity contribution in [1.29, 1.82) is 0 Å². The van der Waals surface area contributed by atoms with Crippen LogP contribution in [0, 0.1) is 10.1 Å². The normalized spacial score (nSPS) is 19.5. The van der Waals surface area contributed by atoms with Crippen LogP contribution in [-0.2, 0) is 4.79 Å². The number of nitrogens with one attached hydrogen (secondary N) is 3. The molecule has 8 heteroatoms. The Balaban J connectivity index is 2.02. The minimum Gasteiger partial charge on any atom is -0.343 e. The summed E-state index contributed by atoms with van der Waals surface area (Å²) in [5, 5.41) is 19.8. The van der Waals surface area contributed by atoms with E-state index in [1.807, 2.05) is 0 Å². The topological polar surface area (TPSA) is 121 Å². The van der Waals surface area contributed by atoms with Gasteiger partial charge in [-0.25, -0.2) is 0 Å². The van der Waals surface area contributed by atoms with E-state index in [-0.39, 0.29) is 17.0 Å². The van der Waals surface area contributed by atoms with Crippen molar-refractivity contribution in [3.8, 4) is 0 Å². The van der Waals surface area contributed by atoms with Gasteiger partial charge in [0.05, 0.1) is 16.4 Å². The second-order valence-corrected chi connectivity index (χ2v) is 5.91. The number of nitro groups is 1. The van der Waals surface area contributed by atoms with Crippen LogP contribution in [0.15, 0.2) is 40.3 Å². The summed E-state index contributed by atoms with van der Waals surface area (Å²) in [6, 6.07) is 6.25. The molecule has 0 saturated carbocycles. The first-order chi connectivity index (χ1) is 11.6. The number of H-pyrrole nitrogens is 2. The molecular formula is C16H14N4O4. The molecule has 4 rings (SSSR count). The number of Topliss-reactive ketones (excluding diaryl/α,β-unsaturated/α-hetero) is 1. The van der Waals surface area contributed by atoms with E-state index in [0.29, 0.717) is 35.4 Å². The maximum atomic E-state index is 12.5. The molecule has 2 aromatic rings. The summed E-state index contributed by atoms with van der Waals surface area (Å²) >= 11 is 0. The van der Waals surface area contributed by atoms with Gasteiger partial charge in [-0.1, -0.05) is 18.2 Å². The smallest absolute Gasteiger partial charge is 0.273 e. The second kappa shape index (κ2) is 5.19. The lowest BCUT2D eigenvalue weighted by molar-refractivity contribution is -0.385. The van der Waals surface area contributed by atoms with Crippen molar-refractivity contribution in [2.45, 2.75) is 25.2 Å². The van der Waals surface area contributed by atoms with Crippen LogP contribution in [0.1, 0.15) is 36.3 Å². The van der Waals surface area contributed by atoms with Crippen molar-refractivity contribution < 1.29 is 9.72 Å². The van der Waals surface area contributed by atoms with Crippen LogP contribution in [0.5, 0.6) is 0 Å². The number of anilines is 1. The van der Waals surface area contributed by atoms with E-state index < -0.39 is 10.8 Å². The number of fused-ring (bicyclic) bond motifs is 1. The van der Waals surface area contributed by atoms with Crippen LogP contribution in [0.4, 0.5) is 11.5 Å². The van der Waals surface area contributed by atoms with Crippen LogP contribution < -0.4 is 10.9 Å². The Morgan fingerprint density at radius 3 is 2.71 bits per heavy atom. The number of aromatic nitrogens is 2. The molecule has 1 aromatic heterocycles. The van der Waals surface area contributed by atoms with Gasteiger partial charge in [-0.15, -0.1) is 0 Å². The van der Waals surface area contributed by atoms with Gasteiger partial charge in [-0.05, 0) is 12.8 Å².